The summed E-state index contributed by atoms with van der Waals surface area (Å²) in [6, 6.07) is 0. The van der Waals surface area contributed by atoms with Crippen LogP contribution in [-0.2, 0) is 13.6 Å². The number of alkyl halides is 3. The van der Waals surface area contributed by atoms with Crippen molar-refractivity contribution in [1.29, 1.82) is 0 Å². The largest absolute Gasteiger partial charge is 0.409 e. The van der Waals surface area contributed by atoms with Crippen molar-refractivity contribution in [3.05, 3.63) is 18.0 Å². The van der Waals surface area contributed by atoms with Crippen LogP contribution in [-0.4, -0.2) is 45.5 Å². The summed E-state index contributed by atoms with van der Waals surface area (Å²) in [5, 5.41) is 14.8. The van der Waals surface area contributed by atoms with Gasteiger partial charge in [-0.2, -0.15) is 18.3 Å². The molecule has 1 unspecified atom stereocenters. The van der Waals surface area contributed by atoms with E-state index in [1.807, 2.05) is 0 Å². The quantitative estimate of drug-likeness (QED) is 0.361. The van der Waals surface area contributed by atoms with E-state index in [1.165, 1.54) is 11.9 Å². The van der Waals surface area contributed by atoms with E-state index in [1.54, 1.807) is 24.1 Å². The van der Waals surface area contributed by atoms with Crippen molar-refractivity contribution in [3.8, 4) is 0 Å². The summed E-state index contributed by atoms with van der Waals surface area (Å²) in [5.41, 5.74) is 5.87. The first-order valence-corrected chi connectivity index (χ1v) is 5.44. The molecular formula is C10H16F3N5O. The Hall–Kier alpha value is -1.77. The zero-order valence-corrected chi connectivity index (χ0v) is 10.6. The molecule has 19 heavy (non-hydrogen) atoms. The van der Waals surface area contributed by atoms with Crippen molar-refractivity contribution < 1.29 is 18.4 Å². The van der Waals surface area contributed by atoms with Crippen LogP contribution in [0.4, 0.5) is 13.2 Å². The SMILES string of the molecule is CN(Cc1cnn(C)c1)CC(C(N)=NO)C(F)(F)F. The molecule has 0 saturated carbocycles. The van der Waals surface area contributed by atoms with Crippen LogP contribution in [0.15, 0.2) is 17.5 Å². The Kier molecular flexibility index (Phi) is 4.76. The molecule has 0 bridgehead atoms. The fraction of sp³-hybridized carbons (Fsp3) is 0.600. The summed E-state index contributed by atoms with van der Waals surface area (Å²) in [5.74, 6) is -2.84. The lowest BCUT2D eigenvalue weighted by molar-refractivity contribution is -0.159. The van der Waals surface area contributed by atoms with Crippen LogP contribution < -0.4 is 5.73 Å². The Morgan fingerprint density at radius 3 is 2.68 bits per heavy atom. The maximum Gasteiger partial charge on any atom is 0.400 e. The van der Waals surface area contributed by atoms with Crippen LogP contribution >= 0.6 is 0 Å². The van der Waals surface area contributed by atoms with Crippen molar-refractivity contribution in [2.75, 3.05) is 13.6 Å². The second-order valence-corrected chi connectivity index (χ2v) is 4.34. The molecule has 0 radical (unpaired) electrons. The van der Waals surface area contributed by atoms with Gasteiger partial charge in [0.25, 0.3) is 0 Å². The fourth-order valence-electron chi connectivity index (χ4n) is 1.68. The summed E-state index contributed by atoms with van der Waals surface area (Å²) in [7, 11) is 3.24. The topological polar surface area (TPSA) is 79.7 Å². The van der Waals surface area contributed by atoms with E-state index in [0.717, 1.165) is 5.56 Å². The van der Waals surface area contributed by atoms with Gasteiger partial charge in [0, 0.05) is 31.9 Å². The summed E-state index contributed by atoms with van der Waals surface area (Å²) in [6.07, 6.45) is -1.27. The molecule has 0 aromatic carbocycles. The molecular weight excluding hydrogens is 263 g/mol. The average Bonchev–Trinajstić information content (AvgIpc) is 2.69. The molecule has 1 aromatic heterocycles. The predicted octanol–water partition coefficient (Wildman–Crippen LogP) is 0.777. The van der Waals surface area contributed by atoms with Gasteiger partial charge in [0.15, 0.2) is 5.84 Å². The molecule has 0 saturated heterocycles. The minimum absolute atomic E-state index is 0.291. The number of oxime groups is 1. The first kappa shape index (κ1) is 15.3. The van der Waals surface area contributed by atoms with Gasteiger partial charge in [-0.05, 0) is 7.05 Å². The fourth-order valence-corrected chi connectivity index (χ4v) is 1.68. The van der Waals surface area contributed by atoms with Crippen molar-refractivity contribution in [1.82, 2.24) is 14.7 Å². The maximum atomic E-state index is 12.7. The standard InChI is InChI=1S/C10H16F3N5O/c1-17(4-7-3-15-18(2)5-7)6-8(9(14)16-19)10(11,12)13/h3,5,8,19H,4,6H2,1-2H3,(H2,14,16). The van der Waals surface area contributed by atoms with Gasteiger partial charge in [-0.1, -0.05) is 5.16 Å². The third kappa shape index (κ3) is 4.43. The van der Waals surface area contributed by atoms with Crippen molar-refractivity contribution in [3.63, 3.8) is 0 Å². The van der Waals surface area contributed by atoms with Crippen LogP contribution in [0.5, 0.6) is 0 Å². The van der Waals surface area contributed by atoms with Gasteiger partial charge in [0.05, 0.1) is 6.20 Å². The highest BCUT2D eigenvalue weighted by Crippen LogP contribution is 2.27. The van der Waals surface area contributed by atoms with E-state index < -0.39 is 24.5 Å². The summed E-state index contributed by atoms with van der Waals surface area (Å²) >= 11 is 0. The van der Waals surface area contributed by atoms with E-state index in [2.05, 4.69) is 10.3 Å². The number of rotatable bonds is 5. The summed E-state index contributed by atoms with van der Waals surface area (Å²) in [4.78, 5) is 1.44. The number of amidine groups is 1. The average molecular weight is 279 g/mol. The zero-order chi connectivity index (χ0) is 14.6. The zero-order valence-electron chi connectivity index (χ0n) is 10.6. The first-order valence-electron chi connectivity index (χ1n) is 5.44. The molecule has 0 aliphatic heterocycles. The second kappa shape index (κ2) is 5.91. The van der Waals surface area contributed by atoms with Gasteiger partial charge in [-0.15, -0.1) is 0 Å². The Labute approximate surface area is 108 Å². The number of hydrogen-bond acceptors (Lipinski definition) is 4. The minimum atomic E-state index is -4.56. The molecule has 6 nitrogen and oxygen atoms in total. The predicted molar refractivity (Wildman–Crippen MR) is 62.5 cm³/mol. The van der Waals surface area contributed by atoms with Gasteiger partial charge >= 0.3 is 6.18 Å². The molecule has 108 valence electrons. The van der Waals surface area contributed by atoms with E-state index in [-0.39, 0.29) is 0 Å². The lowest BCUT2D eigenvalue weighted by atomic mass is 10.1. The van der Waals surface area contributed by atoms with E-state index in [9.17, 15) is 13.2 Å². The number of halogens is 3. The lowest BCUT2D eigenvalue weighted by Crippen LogP contribution is -2.43. The highest BCUT2D eigenvalue weighted by Gasteiger charge is 2.43. The van der Waals surface area contributed by atoms with Gasteiger partial charge in [-0.25, -0.2) is 0 Å². The van der Waals surface area contributed by atoms with Crippen molar-refractivity contribution >= 4 is 5.84 Å². The Bertz CT molecular complexity index is 443. The monoisotopic (exact) mass is 279 g/mol. The molecule has 0 aliphatic rings. The number of nitrogens with zero attached hydrogens (tertiary/aromatic N) is 4. The van der Waals surface area contributed by atoms with Crippen molar-refractivity contribution in [2.24, 2.45) is 23.9 Å². The van der Waals surface area contributed by atoms with Gasteiger partial charge < -0.3 is 15.8 Å². The van der Waals surface area contributed by atoms with Crippen LogP contribution in [0, 0.1) is 5.92 Å². The van der Waals surface area contributed by atoms with Gasteiger partial charge in [-0.3, -0.25) is 4.68 Å². The van der Waals surface area contributed by atoms with Gasteiger partial charge in [0.2, 0.25) is 0 Å². The lowest BCUT2D eigenvalue weighted by Gasteiger charge is -2.24. The number of aryl methyl sites for hydroxylation is 1. The molecule has 1 heterocycles. The van der Waals surface area contributed by atoms with Crippen LogP contribution in [0.3, 0.4) is 0 Å². The molecule has 0 aliphatic carbocycles. The molecule has 0 fully saturated rings. The normalized spacial score (nSPS) is 14.9. The summed E-state index contributed by atoms with van der Waals surface area (Å²) in [6.45, 7) is -0.104. The highest BCUT2D eigenvalue weighted by atomic mass is 19.4. The summed E-state index contributed by atoms with van der Waals surface area (Å²) < 4.78 is 39.8. The van der Waals surface area contributed by atoms with Gasteiger partial charge in [0.1, 0.15) is 5.92 Å². The first-order chi connectivity index (χ1) is 8.74. The number of aromatic nitrogens is 2. The maximum absolute atomic E-state index is 12.7. The number of nitrogens with two attached hydrogens (primary N) is 1. The second-order valence-electron chi connectivity index (χ2n) is 4.34. The van der Waals surface area contributed by atoms with Crippen molar-refractivity contribution in [2.45, 2.75) is 12.7 Å². The third-order valence-corrected chi connectivity index (χ3v) is 2.57. The van der Waals surface area contributed by atoms with E-state index >= 15 is 0 Å². The minimum Gasteiger partial charge on any atom is -0.409 e. The Morgan fingerprint density at radius 1 is 1.63 bits per heavy atom. The Morgan fingerprint density at radius 2 is 2.26 bits per heavy atom. The molecule has 1 rings (SSSR count). The van der Waals surface area contributed by atoms with E-state index in [0.29, 0.717) is 6.54 Å². The molecule has 1 atom stereocenters. The third-order valence-electron chi connectivity index (χ3n) is 2.57. The molecule has 0 spiro atoms. The molecule has 3 N–H and O–H groups in total. The van der Waals surface area contributed by atoms with Crippen LogP contribution in [0.1, 0.15) is 5.56 Å². The van der Waals surface area contributed by atoms with Crippen LogP contribution in [0.2, 0.25) is 0 Å². The van der Waals surface area contributed by atoms with Crippen LogP contribution in [0.25, 0.3) is 0 Å². The van der Waals surface area contributed by atoms with E-state index in [4.69, 9.17) is 10.9 Å². The molecule has 0 amide bonds. The Balaban J connectivity index is 2.69. The number of hydrogen-bond donors (Lipinski definition) is 2. The molecule has 9 heteroatoms. The molecule has 1 aromatic rings. The smallest absolute Gasteiger partial charge is 0.400 e. The highest BCUT2D eigenvalue weighted by molar-refractivity contribution is 5.83.